The number of rotatable bonds is 4. The topological polar surface area (TPSA) is 55.7 Å². The highest BCUT2D eigenvalue weighted by molar-refractivity contribution is 5.92. The van der Waals surface area contributed by atoms with Crippen LogP contribution in [0.2, 0.25) is 0 Å². The van der Waals surface area contributed by atoms with Crippen LogP contribution in [-0.4, -0.2) is 29.7 Å². The molecule has 3 aromatic carbocycles. The number of methoxy groups -OCH3 is 2. The highest BCUT2D eigenvalue weighted by Gasteiger charge is 2.34. The van der Waals surface area contributed by atoms with Crippen LogP contribution in [0, 0.1) is 6.92 Å². The van der Waals surface area contributed by atoms with Crippen LogP contribution in [0.5, 0.6) is 11.5 Å². The van der Waals surface area contributed by atoms with E-state index in [0.717, 1.165) is 28.1 Å². The number of aryl methyl sites for hydroxylation is 1. The summed E-state index contributed by atoms with van der Waals surface area (Å²) in [6.45, 7) is 2.55. The van der Waals surface area contributed by atoms with E-state index in [4.69, 9.17) is 9.47 Å². The second-order valence-electron chi connectivity index (χ2n) is 8.32. The summed E-state index contributed by atoms with van der Waals surface area (Å²) in [4.78, 5) is 15.8. The monoisotopic (exact) mass is 453 g/mol. The van der Waals surface area contributed by atoms with Gasteiger partial charge in [0.25, 0.3) is 0 Å². The van der Waals surface area contributed by atoms with E-state index in [1.807, 2.05) is 35.2 Å². The lowest BCUT2D eigenvalue weighted by Crippen LogP contribution is -2.38. The highest BCUT2D eigenvalue weighted by atomic mass is 16.5. The fourth-order valence-electron chi connectivity index (χ4n) is 4.65. The summed E-state index contributed by atoms with van der Waals surface area (Å²) in [6, 6.07) is 25.5. The smallest absolute Gasteiger partial charge is 0.323 e. The Bertz CT molecular complexity index is 1340. The number of benzene rings is 3. The van der Waals surface area contributed by atoms with Crippen LogP contribution in [0.25, 0.3) is 5.69 Å². The van der Waals surface area contributed by atoms with Crippen molar-refractivity contribution in [1.82, 2.24) is 9.47 Å². The number of aromatic nitrogens is 1. The van der Waals surface area contributed by atoms with Crippen LogP contribution in [0.3, 0.4) is 0 Å². The second kappa shape index (κ2) is 8.98. The molecule has 1 N–H and O–H groups in total. The van der Waals surface area contributed by atoms with Gasteiger partial charge in [-0.3, -0.25) is 0 Å². The zero-order valence-corrected chi connectivity index (χ0v) is 19.5. The number of hydrogen-bond donors (Lipinski definition) is 1. The van der Waals surface area contributed by atoms with Gasteiger partial charge in [-0.25, -0.2) is 4.79 Å². The third kappa shape index (κ3) is 3.77. The number of carbonyl (C=O) groups is 1. The summed E-state index contributed by atoms with van der Waals surface area (Å²) in [6.07, 6.45) is 2.06. The molecule has 6 heteroatoms. The molecule has 1 aromatic heterocycles. The van der Waals surface area contributed by atoms with Gasteiger partial charge in [0.05, 0.1) is 32.1 Å². The molecule has 34 heavy (non-hydrogen) atoms. The summed E-state index contributed by atoms with van der Waals surface area (Å²) < 4.78 is 13.0. The molecule has 2 amide bonds. The Morgan fingerprint density at radius 2 is 1.74 bits per heavy atom. The summed E-state index contributed by atoms with van der Waals surface area (Å²) in [5.74, 6) is 1.20. The number of para-hydroxylation sites is 1. The predicted molar refractivity (Wildman–Crippen MR) is 133 cm³/mol. The van der Waals surface area contributed by atoms with Gasteiger partial charge in [0.1, 0.15) is 17.5 Å². The first-order valence-corrected chi connectivity index (χ1v) is 11.2. The normalized spacial score (nSPS) is 14.6. The van der Waals surface area contributed by atoms with Crippen LogP contribution >= 0.6 is 0 Å². The molecule has 1 aliphatic rings. The van der Waals surface area contributed by atoms with Gasteiger partial charge >= 0.3 is 6.03 Å². The summed E-state index contributed by atoms with van der Waals surface area (Å²) in [5, 5.41) is 3.08. The van der Waals surface area contributed by atoms with Gasteiger partial charge in [-0.2, -0.15) is 0 Å². The van der Waals surface area contributed by atoms with Gasteiger partial charge in [0.15, 0.2) is 0 Å². The fourth-order valence-corrected chi connectivity index (χ4v) is 4.65. The van der Waals surface area contributed by atoms with Crippen LogP contribution in [0.15, 0.2) is 85.1 Å². The van der Waals surface area contributed by atoms with Crippen molar-refractivity contribution in [2.24, 2.45) is 0 Å². The third-order valence-electron chi connectivity index (χ3n) is 6.36. The number of carbonyl (C=O) groups excluding carboxylic acids is 1. The molecule has 1 atom stereocenters. The molecule has 2 heterocycles. The first-order valence-electron chi connectivity index (χ1n) is 11.2. The number of nitrogens with one attached hydrogen (secondary N) is 1. The molecule has 5 rings (SSSR count). The number of urea groups is 1. The van der Waals surface area contributed by atoms with Gasteiger partial charge in [0.2, 0.25) is 0 Å². The van der Waals surface area contributed by atoms with Gasteiger partial charge in [-0.15, -0.1) is 0 Å². The van der Waals surface area contributed by atoms with E-state index in [1.54, 1.807) is 32.4 Å². The molecule has 0 radical (unpaired) electrons. The van der Waals surface area contributed by atoms with Crippen LogP contribution in [-0.2, 0) is 6.54 Å². The quantitative estimate of drug-likeness (QED) is 0.416. The highest BCUT2D eigenvalue weighted by Crippen LogP contribution is 2.38. The molecule has 172 valence electrons. The average Bonchev–Trinajstić information content (AvgIpc) is 3.29. The zero-order chi connectivity index (χ0) is 23.7. The minimum Gasteiger partial charge on any atom is -0.497 e. The standard InChI is InChI=1S/C28H27N3O3/c1-19-9-4-6-11-22(19)27-25-13-8-16-30(25)24-12-7-5-10-20(24)18-31(27)28(32)29-23-15-14-21(33-2)17-26(23)34-3/h4-17,27H,18H2,1-3H3,(H,29,32)/t27-/m0/s1. The maximum atomic E-state index is 13.9. The first kappa shape index (κ1) is 21.6. The Balaban J connectivity index is 1.62. The van der Waals surface area contributed by atoms with Crippen molar-refractivity contribution in [3.05, 3.63) is 107 Å². The SMILES string of the molecule is COc1ccc(NC(=O)N2Cc3ccccc3-n3cccc3[C@@H]2c2ccccc2C)c(OC)c1. The Hall–Kier alpha value is -4.19. The van der Waals surface area contributed by atoms with E-state index in [2.05, 4.69) is 53.3 Å². The molecule has 4 aromatic rings. The van der Waals surface area contributed by atoms with Crippen molar-refractivity contribution in [1.29, 1.82) is 0 Å². The van der Waals surface area contributed by atoms with Crippen molar-refractivity contribution >= 4 is 11.7 Å². The molecule has 0 spiro atoms. The first-order chi connectivity index (χ1) is 16.6. The van der Waals surface area contributed by atoms with E-state index >= 15 is 0 Å². The lowest BCUT2D eigenvalue weighted by molar-refractivity contribution is 0.194. The molecule has 0 saturated heterocycles. The van der Waals surface area contributed by atoms with E-state index in [1.165, 1.54) is 0 Å². The largest absolute Gasteiger partial charge is 0.497 e. The number of amides is 2. The Kier molecular flexibility index (Phi) is 5.72. The van der Waals surface area contributed by atoms with Crippen LogP contribution in [0.1, 0.15) is 28.4 Å². The molecule has 0 saturated carbocycles. The van der Waals surface area contributed by atoms with Crippen molar-refractivity contribution in [2.75, 3.05) is 19.5 Å². The summed E-state index contributed by atoms with van der Waals surface area (Å²) in [7, 11) is 3.18. The lowest BCUT2D eigenvalue weighted by atomic mass is 9.97. The second-order valence-corrected chi connectivity index (χ2v) is 8.32. The van der Waals surface area contributed by atoms with Gasteiger partial charge < -0.3 is 24.3 Å². The van der Waals surface area contributed by atoms with Gasteiger partial charge in [0, 0.05) is 18.0 Å². The van der Waals surface area contributed by atoms with Gasteiger partial charge in [-0.05, 0) is 53.9 Å². The Labute approximate surface area is 199 Å². The van der Waals surface area contributed by atoms with Crippen LogP contribution in [0.4, 0.5) is 10.5 Å². The number of ether oxygens (including phenoxy) is 2. The van der Waals surface area contributed by atoms with Crippen molar-refractivity contribution in [2.45, 2.75) is 19.5 Å². The maximum Gasteiger partial charge on any atom is 0.323 e. The molecule has 0 unspecified atom stereocenters. The van der Waals surface area contributed by atoms with Gasteiger partial charge in [-0.1, -0.05) is 42.5 Å². The number of anilines is 1. The van der Waals surface area contributed by atoms with Crippen molar-refractivity contribution in [3.63, 3.8) is 0 Å². The summed E-state index contributed by atoms with van der Waals surface area (Å²) in [5.41, 5.74) is 6.00. The fraction of sp³-hybridized carbons (Fsp3) is 0.179. The minimum atomic E-state index is -0.271. The molecule has 0 bridgehead atoms. The maximum absolute atomic E-state index is 13.9. The zero-order valence-electron chi connectivity index (χ0n) is 19.5. The Morgan fingerprint density at radius 1 is 0.941 bits per heavy atom. The number of hydrogen-bond acceptors (Lipinski definition) is 3. The molecule has 6 nitrogen and oxygen atoms in total. The van der Waals surface area contributed by atoms with Crippen molar-refractivity contribution in [3.8, 4) is 17.2 Å². The third-order valence-corrected chi connectivity index (χ3v) is 6.36. The van der Waals surface area contributed by atoms with E-state index in [-0.39, 0.29) is 12.1 Å². The molecular weight excluding hydrogens is 426 g/mol. The molecule has 1 aliphatic heterocycles. The van der Waals surface area contributed by atoms with Crippen LogP contribution < -0.4 is 14.8 Å². The lowest BCUT2D eigenvalue weighted by Gasteiger charge is -2.32. The van der Waals surface area contributed by atoms with E-state index < -0.39 is 0 Å². The predicted octanol–water partition coefficient (Wildman–Crippen LogP) is 5.94. The number of fused-ring (bicyclic) bond motifs is 3. The van der Waals surface area contributed by atoms with E-state index in [0.29, 0.717) is 23.7 Å². The average molecular weight is 454 g/mol. The van der Waals surface area contributed by atoms with E-state index in [9.17, 15) is 4.79 Å². The van der Waals surface area contributed by atoms with Crippen molar-refractivity contribution < 1.29 is 14.3 Å². The molecule has 0 aliphatic carbocycles. The minimum absolute atomic E-state index is 0.207. The summed E-state index contributed by atoms with van der Waals surface area (Å²) >= 11 is 0. The molecule has 0 fully saturated rings. The Morgan fingerprint density at radius 3 is 2.53 bits per heavy atom. The number of nitrogens with zero attached hydrogens (tertiary/aromatic N) is 2. The molecular formula is C28H27N3O3.